The molecule has 1 saturated carbocycles. The number of hydrogen-bond donors (Lipinski definition) is 1. The lowest BCUT2D eigenvalue weighted by Gasteiger charge is -2.33. The minimum absolute atomic E-state index is 0.0633. The smallest absolute Gasteiger partial charge is 0.218 e. The highest BCUT2D eigenvalue weighted by Gasteiger charge is 2.30. The van der Waals surface area contributed by atoms with E-state index in [1.165, 1.54) is 4.31 Å². The van der Waals surface area contributed by atoms with Crippen molar-refractivity contribution in [2.45, 2.75) is 37.6 Å². The Labute approximate surface area is 109 Å². The largest absolute Gasteiger partial charge is 0.326 e. The molecule has 2 N–H and O–H groups in total. The fourth-order valence-electron chi connectivity index (χ4n) is 2.14. The minimum Gasteiger partial charge on any atom is -0.326 e. The average Bonchev–Trinajstić information content (AvgIpc) is 2.26. The van der Waals surface area contributed by atoms with Crippen molar-refractivity contribution >= 4 is 10.0 Å². The first kappa shape index (κ1) is 13.5. The van der Waals surface area contributed by atoms with Crippen LogP contribution >= 0.6 is 0 Å². The molecule has 18 heavy (non-hydrogen) atoms. The van der Waals surface area contributed by atoms with E-state index < -0.39 is 10.0 Å². The Kier molecular flexibility index (Phi) is 4.04. The molecule has 0 amide bonds. The highest BCUT2D eigenvalue weighted by molar-refractivity contribution is 7.88. The molecule has 1 fully saturated rings. The van der Waals surface area contributed by atoms with Crippen molar-refractivity contribution < 1.29 is 8.42 Å². The van der Waals surface area contributed by atoms with Crippen LogP contribution in [0.25, 0.3) is 0 Å². The molecule has 0 heterocycles. The molecule has 5 heteroatoms. The maximum Gasteiger partial charge on any atom is 0.218 e. The Balaban J connectivity index is 2.11. The van der Waals surface area contributed by atoms with Crippen LogP contribution in [0.2, 0.25) is 0 Å². The summed E-state index contributed by atoms with van der Waals surface area (Å²) in [7, 11) is -1.52. The van der Waals surface area contributed by atoms with E-state index in [1.807, 2.05) is 24.3 Å². The van der Waals surface area contributed by atoms with Crippen LogP contribution < -0.4 is 5.73 Å². The molecule has 0 atom stereocenters. The van der Waals surface area contributed by atoms with E-state index in [2.05, 4.69) is 0 Å². The third-order valence-corrected chi connectivity index (χ3v) is 5.48. The van der Waals surface area contributed by atoms with E-state index in [1.54, 1.807) is 7.05 Å². The number of rotatable bonds is 5. The summed E-state index contributed by atoms with van der Waals surface area (Å²) in [4.78, 5) is 0. The summed E-state index contributed by atoms with van der Waals surface area (Å²) in [6, 6.07) is 7.67. The molecule has 2 rings (SSSR count). The summed E-state index contributed by atoms with van der Waals surface area (Å²) in [6.45, 7) is 0.437. The third-order valence-electron chi connectivity index (χ3n) is 3.60. The first-order valence-electron chi connectivity index (χ1n) is 6.26. The van der Waals surface area contributed by atoms with Crippen LogP contribution in [-0.4, -0.2) is 25.8 Å². The molecule has 0 aromatic heterocycles. The van der Waals surface area contributed by atoms with Crippen molar-refractivity contribution in [3.63, 3.8) is 0 Å². The van der Waals surface area contributed by atoms with Crippen molar-refractivity contribution in [1.29, 1.82) is 0 Å². The van der Waals surface area contributed by atoms with Gasteiger partial charge in [0.1, 0.15) is 0 Å². The molecule has 0 unspecified atom stereocenters. The molecule has 0 aliphatic heterocycles. The zero-order chi connectivity index (χ0) is 13.2. The number of nitrogens with zero attached hydrogens (tertiary/aromatic N) is 1. The summed E-state index contributed by atoms with van der Waals surface area (Å²) in [5.41, 5.74) is 7.34. The van der Waals surface area contributed by atoms with Gasteiger partial charge in [0, 0.05) is 19.6 Å². The number of benzene rings is 1. The lowest BCUT2D eigenvalue weighted by Crippen LogP contribution is -2.41. The maximum atomic E-state index is 12.2. The van der Waals surface area contributed by atoms with E-state index >= 15 is 0 Å². The first-order valence-corrected chi connectivity index (χ1v) is 7.87. The number of hydrogen-bond acceptors (Lipinski definition) is 3. The molecule has 0 radical (unpaired) electrons. The molecular weight excluding hydrogens is 248 g/mol. The Morgan fingerprint density at radius 3 is 2.56 bits per heavy atom. The quantitative estimate of drug-likeness (QED) is 0.879. The van der Waals surface area contributed by atoms with Gasteiger partial charge in [0.15, 0.2) is 0 Å². The molecule has 1 aromatic carbocycles. The second-order valence-corrected chi connectivity index (χ2v) is 6.91. The molecule has 0 spiro atoms. The van der Waals surface area contributed by atoms with Gasteiger partial charge in [-0.3, -0.25) is 0 Å². The topological polar surface area (TPSA) is 63.4 Å². The molecule has 1 aromatic rings. The SMILES string of the molecule is CN(C1CCC1)S(=O)(=O)Cc1cccc(CN)c1. The molecule has 0 bridgehead atoms. The van der Waals surface area contributed by atoms with Crippen LogP contribution in [0.5, 0.6) is 0 Å². The molecule has 4 nitrogen and oxygen atoms in total. The zero-order valence-corrected chi connectivity index (χ0v) is 11.5. The average molecular weight is 268 g/mol. The van der Waals surface area contributed by atoms with Crippen molar-refractivity contribution in [3.8, 4) is 0 Å². The Bertz CT molecular complexity index is 509. The Morgan fingerprint density at radius 1 is 1.33 bits per heavy atom. The lowest BCUT2D eigenvalue weighted by molar-refractivity contribution is 0.249. The van der Waals surface area contributed by atoms with Crippen LogP contribution in [0, 0.1) is 0 Å². The second kappa shape index (κ2) is 5.38. The summed E-state index contributed by atoms with van der Waals surface area (Å²) in [5.74, 6) is 0.0633. The van der Waals surface area contributed by atoms with Crippen molar-refractivity contribution in [3.05, 3.63) is 35.4 Å². The van der Waals surface area contributed by atoms with Crippen molar-refractivity contribution in [1.82, 2.24) is 4.31 Å². The van der Waals surface area contributed by atoms with E-state index in [-0.39, 0.29) is 11.8 Å². The van der Waals surface area contributed by atoms with Gasteiger partial charge >= 0.3 is 0 Å². The first-order chi connectivity index (χ1) is 8.53. The van der Waals surface area contributed by atoms with Gasteiger partial charge in [0.2, 0.25) is 10.0 Å². The highest BCUT2D eigenvalue weighted by atomic mass is 32.2. The summed E-state index contributed by atoms with van der Waals surface area (Å²) in [5, 5.41) is 0. The van der Waals surface area contributed by atoms with Gasteiger partial charge in [-0.15, -0.1) is 0 Å². The van der Waals surface area contributed by atoms with Crippen LogP contribution in [0.4, 0.5) is 0 Å². The predicted molar refractivity (Wildman–Crippen MR) is 72.4 cm³/mol. The zero-order valence-electron chi connectivity index (χ0n) is 10.7. The third kappa shape index (κ3) is 2.91. The molecule has 0 saturated heterocycles. The molecule has 1 aliphatic rings. The molecular formula is C13H20N2O2S. The predicted octanol–water partition coefficient (Wildman–Crippen LogP) is 1.46. The van der Waals surface area contributed by atoms with Crippen LogP contribution in [0.1, 0.15) is 30.4 Å². The summed E-state index contributed by atoms with van der Waals surface area (Å²) >= 11 is 0. The Hall–Kier alpha value is -0.910. The van der Waals surface area contributed by atoms with E-state index in [4.69, 9.17) is 5.73 Å². The number of sulfonamides is 1. The monoisotopic (exact) mass is 268 g/mol. The van der Waals surface area contributed by atoms with Gasteiger partial charge in [-0.05, 0) is 24.0 Å². The fourth-order valence-corrected chi connectivity index (χ4v) is 3.61. The van der Waals surface area contributed by atoms with Crippen molar-refractivity contribution in [2.75, 3.05) is 7.05 Å². The molecule has 1 aliphatic carbocycles. The van der Waals surface area contributed by atoms with Crippen LogP contribution in [0.15, 0.2) is 24.3 Å². The van der Waals surface area contributed by atoms with E-state index in [9.17, 15) is 8.42 Å². The highest BCUT2D eigenvalue weighted by Crippen LogP contribution is 2.26. The molecule has 100 valence electrons. The Morgan fingerprint density at radius 2 is 2.00 bits per heavy atom. The van der Waals surface area contributed by atoms with Crippen molar-refractivity contribution in [2.24, 2.45) is 5.73 Å². The number of nitrogens with two attached hydrogens (primary N) is 1. The van der Waals surface area contributed by atoms with Gasteiger partial charge in [-0.25, -0.2) is 12.7 Å². The van der Waals surface area contributed by atoms with Gasteiger partial charge in [0.05, 0.1) is 5.75 Å². The van der Waals surface area contributed by atoms with Crippen LogP contribution in [0.3, 0.4) is 0 Å². The summed E-state index contributed by atoms with van der Waals surface area (Å²) in [6.07, 6.45) is 3.10. The van der Waals surface area contributed by atoms with Gasteiger partial charge in [0.25, 0.3) is 0 Å². The van der Waals surface area contributed by atoms with E-state index in [0.29, 0.717) is 6.54 Å². The second-order valence-electron chi connectivity index (χ2n) is 4.88. The van der Waals surface area contributed by atoms with E-state index in [0.717, 1.165) is 30.4 Å². The lowest BCUT2D eigenvalue weighted by atomic mass is 9.94. The normalized spacial score (nSPS) is 16.8. The van der Waals surface area contributed by atoms with Gasteiger partial charge < -0.3 is 5.73 Å². The van der Waals surface area contributed by atoms with Crippen LogP contribution in [-0.2, 0) is 22.3 Å². The maximum absolute atomic E-state index is 12.2. The van der Waals surface area contributed by atoms with Gasteiger partial charge in [-0.1, -0.05) is 30.7 Å². The van der Waals surface area contributed by atoms with Gasteiger partial charge in [-0.2, -0.15) is 0 Å². The minimum atomic E-state index is -3.21. The summed E-state index contributed by atoms with van der Waals surface area (Å²) < 4.78 is 26.0. The standard InChI is InChI=1S/C13H20N2O2S/c1-15(13-6-3-7-13)18(16,17)10-12-5-2-4-11(8-12)9-14/h2,4-5,8,13H,3,6-7,9-10,14H2,1H3. The fraction of sp³-hybridized carbons (Fsp3) is 0.538.